The van der Waals surface area contributed by atoms with Crippen LogP contribution in [0.2, 0.25) is 0 Å². The molecular weight excluding hydrogens is 268 g/mol. The normalized spacial score (nSPS) is 12.3. The lowest BCUT2D eigenvalue weighted by molar-refractivity contribution is 0.126. The highest BCUT2D eigenvalue weighted by molar-refractivity contribution is 7.86. The summed E-state index contributed by atoms with van der Waals surface area (Å²) in [5.41, 5.74) is 0. The molecule has 104 valence electrons. The maximum atomic E-state index is 10.9. The first-order valence-electron chi connectivity index (χ1n) is 5.64. The summed E-state index contributed by atoms with van der Waals surface area (Å²) in [5.74, 6) is 6.14. The average molecular weight is 284 g/mol. The van der Waals surface area contributed by atoms with Crippen LogP contribution in [0.5, 0.6) is 5.75 Å². The van der Waals surface area contributed by atoms with Crippen molar-refractivity contribution in [1.29, 1.82) is 0 Å². The number of para-hydroxylation sites is 1. The number of aliphatic hydroxyl groups is 1. The third kappa shape index (κ3) is 7.47. The van der Waals surface area contributed by atoms with E-state index in [1.807, 2.05) is 30.3 Å². The molecule has 6 heteroatoms. The molecule has 0 aliphatic heterocycles. The minimum Gasteiger partial charge on any atom is -0.481 e. The summed E-state index contributed by atoms with van der Waals surface area (Å²) in [5, 5.41) is 8.94. The van der Waals surface area contributed by atoms with E-state index in [9.17, 15) is 8.42 Å². The number of benzene rings is 1. The molecule has 0 heterocycles. The van der Waals surface area contributed by atoms with E-state index in [4.69, 9.17) is 9.84 Å². The predicted octanol–water partition coefficient (Wildman–Crippen LogP) is 0.796. The largest absolute Gasteiger partial charge is 0.481 e. The fourth-order valence-electron chi connectivity index (χ4n) is 1.25. The zero-order valence-electron chi connectivity index (χ0n) is 10.6. The van der Waals surface area contributed by atoms with Crippen molar-refractivity contribution in [3.63, 3.8) is 0 Å². The maximum Gasteiger partial charge on any atom is 0.264 e. The lowest BCUT2D eigenvalue weighted by Crippen LogP contribution is -2.20. The Morgan fingerprint density at radius 2 is 1.95 bits per heavy atom. The fraction of sp³-hybridized carbons (Fsp3) is 0.385. The van der Waals surface area contributed by atoms with Crippen molar-refractivity contribution in [1.82, 2.24) is 0 Å². The first-order chi connectivity index (χ1) is 9.01. The maximum absolute atomic E-state index is 10.9. The lowest BCUT2D eigenvalue weighted by atomic mass is 10.3. The molecule has 0 saturated heterocycles. The highest BCUT2D eigenvalue weighted by Crippen LogP contribution is 2.07. The Kier molecular flexibility index (Phi) is 6.36. The van der Waals surface area contributed by atoms with Crippen LogP contribution in [0.1, 0.15) is 6.42 Å². The van der Waals surface area contributed by atoms with E-state index < -0.39 is 22.8 Å². The Morgan fingerprint density at radius 1 is 1.26 bits per heavy atom. The predicted molar refractivity (Wildman–Crippen MR) is 71.1 cm³/mol. The van der Waals surface area contributed by atoms with Crippen molar-refractivity contribution < 1.29 is 22.4 Å². The molecule has 0 amide bonds. The number of rotatable bonds is 6. The quantitative estimate of drug-likeness (QED) is 0.618. The summed E-state index contributed by atoms with van der Waals surface area (Å²) in [7, 11) is -3.58. The SMILES string of the molecule is CS(=O)(=O)OC(CO)CC#CCOc1ccccc1. The number of aliphatic hydroxyl groups excluding tert-OH is 1. The molecule has 1 N–H and O–H groups in total. The molecule has 0 fully saturated rings. The first kappa shape index (κ1) is 15.5. The van der Waals surface area contributed by atoms with E-state index in [0.29, 0.717) is 5.75 Å². The second kappa shape index (κ2) is 7.79. The van der Waals surface area contributed by atoms with Crippen LogP contribution < -0.4 is 4.74 Å². The van der Waals surface area contributed by atoms with Gasteiger partial charge in [0.2, 0.25) is 0 Å². The molecule has 5 nitrogen and oxygen atoms in total. The molecule has 0 bridgehead atoms. The van der Waals surface area contributed by atoms with Gasteiger partial charge < -0.3 is 9.84 Å². The standard InChI is InChI=1S/C13H16O5S/c1-19(15,16)18-13(11-14)9-5-6-10-17-12-7-3-2-4-8-12/h2-4,7-8,13-14H,9-11H2,1H3. The Bertz CT molecular complexity index is 527. The van der Waals surface area contributed by atoms with E-state index in [1.165, 1.54) is 0 Å². The molecule has 1 rings (SSSR count). The fourth-order valence-corrected chi connectivity index (χ4v) is 1.87. The molecule has 0 aliphatic rings. The molecule has 0 spiro atoms. The molecule has 1 atom stereocenters. The summed E-state index contributed by atoms with van der Waals surface area (Å²) in [6, 6.07) is 9.21. The summed E-state index contributed by atoms with van der Waals surface area (Å²) in [4.78, 5) is 0. The van der Waals surface area contributed by atoms with Crippen molar-refractivity contribution in [2.24, 2.45) is 0 Å². The minimum absolute atomic E-state index is 0.127. The number of ether oxygens (including phenoxy) is 1. The molecule has 1 aromatic rings. The van der Waals surface area contributed by atoms with Crippen LogP contribution in [-0.2, 0) is 14.3 Å². The topological polar surface area (TPSA) is 72.8 Å². The van der Waals surface area contributed by atoms with Crippen molar-refractivity contribution in [3.8, 4) is 17.6 Å². The second-order valence-electron chi connectivity index (χ2n) is 3.76. The van der Waals surface area contributed by atoms with Crippen LogP contribution in [0.3, 0.4) is 0 Å². The van der Waals surface area contributed by atoms with E-state index >= 15 is 0 Å². The number of hydrogen-bond acceptors (Lipinski definition) is 5. The molecule has 0 aromatic heterocycles. The number of hydrogen-bond donors (Lipinski definition) is 1. The van der Waals surface area contributed by atoms with Gasteiger partial charge in [-0.15, -0.1) is 0 Å². The van der Waals surface area contributed by atoms with Gasteiger partial charge in [0, 0.05) is 6.42 Å². The van der Waals surface area contributed by atoms with E-state index in [0.717, 1.165) is 6.26 Å². The first-order valence-corrected chi connectivity index (χ1v) is 7.45. The highest BCUT2D eigenvalue weighted by atomic mass is 32.2. The summed E-state index contributed by atoms with van der Waals surface area (Å²) in [6.45, 7) is -0.206. The third-order valence-corrected chi connectivity index (χ3v) is 2.65. The Balaban J connectivity index is 2.34. The van der Waals surface area contributed by atoms with Crippen LogP contribution in [-0.4, -0.2) is 39.1 Å². The summed E-state index contributed by atoms with van der Waals surface area (Å²) in [6.07, 6.45) is 0.225. The summed E-state index contributed by atoms with van der Waals surface area (Å²) < 4.78 is 31.7. The van der Waals surface area contributed by atoms with Gasteiger partial charge in [0.15, 0.2) is 0 Å². The van der Waals surface area contributed by atoms with Gasteiger partial charge in [-0.3, -0.25) is 4.18 Å². The van der Waals surface area contributed by atoms with Gasteiger partial charge in [-0.25, -0.2) is 0 Å². The van der Waals surface area contributed by atoms with Crippen LogP contribution >= 0.6 is 0 Å². The molecule has 0 radical (unpaired) electrons. The molecular formula is C13H16O5S. The molecule has 0 saturated carbocycles. The van der Waals surface area contributed by atoms with E-state index in [2.05, 4.69) is 16.0 Å². The third-order valence-electron chi connectivity index (χ3n) is 2.02. The van der Waals surface area contributed by atoms with Gasteiger partial charge in [0.1, 0.15) is 18.5 Å². The smallest absolute Gasteiger partial charge is 0.264 e. The average Bonchev–Trinajstić information content (AvgIpc) is 2.37. The van der Waals surface area contributed by atoms with Crippen LogP contribution in [0.15, 0.2) is 30.3 Å². The van der Waals surface area contributed by atoms with Gasteiger partial charge in [0.05, 0.1) is 12.9 Å². The Morgan fingerprint density at radius 3 is 2.53 bits per heavy atom. The highest BCUT2D eigenvalue weighted by Gasteiger charge is 2.12. The molecule has 1 aromatic carbocycles. The molecule has 19 heavy (non-hydrogen) atoms. The van der Waals surface area contributed by atoms with Crippen LogP contribution in [0.4, 0.5) is 0 Å². The van der Waals surface area contributed by atoms with Gasteiger partial charge >= 0.3 is 0 Å². The van der Waals surface area contributed by atoms with Gasteiger partial charge in [-0.2, -0.15) is 8.42 Å². The molecule has 0 aliphatic carbocycles. The zero-order valence-corrected chi connectivity index (χ0v) is 11.4. The van der Waals surface area contributed by atoms with Gasteiger partial charge in [-0.1, -0.05) is 30.0 Å². The lowest BCUT2D eigenvalue weighted by Gasteiger charge is -2.09. The Hall–Kier alpha value is -1.55. The van der Waals surface area contributed by atoms with E-state index in [1.54, 1.807) is 0 Å². The van der Waals surface area contributed by atoms with Crippen LogP contribution in [0.25, 0.3) is 0 Å². The summed E-state index contributed by atoms with van der Waals surface area (Å²) >= 11 is 0. The minimum atomic E-state index is -3.58. The van der Waals surface area contributed by atoms with Crippen molar-refractivity contribution in [3.05, 3.63) is 30.3 Å². The van der Waals surface area contributed by atoms with E-state index in [-0.39, 0.29) is 13.0 Å². The van der Waals surface area contributed by atoms with Crippen molar-refractivity contribution >= 4 is 10.1 Å². The van der Waals surface area contributed by atoms with Gasteiger partial charge in [-0.05, 0) is 12.1 Å². The van der Waals surface area contributed by atoms with Gasteiger partial charge in [0.25, 0.3) is 10.1 Å². The zero-order chi connectivity index (χ0) is 14.1. The van der Waals surface area contributed by atoms with Crippen molar-refractivity contribution in [2.75, 3.05) is 19.5 Å². The second-order valence-corrected chi connectivity index (χ2v) is 5.37. The monoisotopic (exact) mass is 284 g/mol. The molecule has 1 unspecified atom stereocenters. The Labute approximate surface area is 113 Å². The van der Waals surface area contributed by atoms with Crippen molar-refractivity contribution in [2.45, 2.75) is 12.5 Å². The van der Waals surface area contributed by atoms with Crippen LogP contribution in [0, 0.1) is 11.8 Å².